The molecular formula is C21H19ClN2O5. The monoisotopic (exact) mass is 414 g/mol. The van der Waals surface area contributed by atoms with Crippen molar-refractivity contribution in [2.45, 2.75) is 13.0 Å². The van der Waals surface area contributed by atoms with Crippen molar-refractivity contribution in [2.24, 2.45) is 5.92 Å². The number of likely N-dealkylation sites (tertiary alicyclic amines) is 1. The number of halogens is 1. The lowest BCUT2D eigenvalue weighted by Crippen LogP contribution is -2.52. The first-order chi connectivity index (χ1) is 13.8. The van der Waals surface area contributed by atoms with E-state index in [1.54, 1.807) is 0 Å². The molecule has 1 fully saturated rings. The number of hydrogen-bond donors (Lipinski definition) is 2. The molecule has 1 atom stereocenters. The first-order valence-electron chi connectivity index (χ1n) is 9.01. The van der Waals surface area contributed by atoms with Crippen LogP contribution >= 0.6 is 11.6 Å². The molecule has 7 nitrogen and oxygen atoms in total. The molecule has 0 radical (unpaired) electrons. The number of benzene rings is 2. The average molecular weight is 415 g/mol. The van der Waals surface area contributed by atoms with E-state index in [2.05, 4.69) is 5.32 Å². The Labute approximate surface area is 172 Å². The summed E-state index contributed by atoms with van der Waals surface area (Å²) in [5, 5.41) is 11.4. The van der Waals surface area contributed by atoms with Gasteiger partial charge in [-0.15, -0.1) is 0 Å². The molecule has 29 heavy (non-hydrogen) atoms. The molecule has 2 amide bonds. The molecule has 3 rings (SSSR count). The van der Waals surface area contributed by atoms with Gasteiger partial charge in [-0.3, -0.25) is 19.2 Å². The van der Waals surface area contributed by atoms with Gasteiger partial charge < -0.3 is 15.3 Å². The maximum Gasteiger partial charge on any atom is 0.322 e. The van der Waals surface area contributed by atoms with Gasteiger partial charge in [0.05, 0.1) is 0 Å². The highest BCUT2D eigenvalue weighted by molar-refractivity contribution is 6.30. The molecular weight excluding hydrogens is 396 g/mol. The van der Waals surface area contributed by atoms with Crippen LogP contribution in [0.1, 0.15) is 12.0 Å². The number of amides is 2. The maximum absolute atomic E-state index is 12.6. The van der Waals surface area contributed by atoms with E-state index in [0.717, 1.165) is 16.7 Å². The summed E-state index contributed by atoms with van der Waals surface area (Å²) in [5.41, 5.74) is 2.86. The van der Waals surface area contributed by atoms with Gasteiger partial charge in [-0.1, -0.05) is 48.0 Å². The quantitative estimate of drug-likeness (QED) is 0.705. The average Bonchev–Trinajstić information content (AvgIpc) is 2.70. The molecule has 0 spiro atoms. The molecule has 1 aliphatic heterocycles. The molecule has 0 saturated carbocycles. The summed E-state index contributed by atoms with van der Waals surface area (Å²) >= 11 is 5.91. The lowest BCUT2D eigenvalue weighted by atomic mass is 9.94. The third kappa shape index (κ3) is 5.00. The Morgan fingerprint density at radius 2 is 1.62 bits per heavy atom. The van der Waals surface area contributed by atoms with Gasteiger partial charge in [0.25, 0.3) is 0 Å². The summed E-state index contributed by atoms with van der Waals surface area (Å²) in [4.78, 5) is 48.8. The standard InChI is InChI=1S/C21H19ClN2O5/c22-16-7-5-15(6-8-16)14-3-1-13(2-4-14)12-24-10-9-17(25)19(21(24)29)20(28)23-11-18(26)27/h1-8,19H,9-12H2,(H,23,28)(H,26,27). The fourth-order valence-electron chi connectivity index (χ4n) is 3.17. The Balaban J connectivity index is 1.68. The minimum Gasteiger partial charge on any atom is -0.480 e. The Bertz CT molecular complexity index is 941. The summed E-state index contributed by atoms with van der Waals surface area (Å²) in [6.45, 7) is -0.156. The summed E-state index contributed by atoms with van der Waals surface area (Å²) < 4.78 is 0. The minimum absolute atomic E-state index is 0.0553. The van der Waals surface area contributed by atoms with Crippen LogP contribution in [0.2, 0.25) is 5.02 Å². The minimum atomic E-state index is -1.49. The number of Topliss-reactive ketones (excluding diaryl/α,β-unsaturated/α-hetero) is 1. The van der Waals surface area contributed by atoms with E-state index < -0.39 is 36.0 Å². The zero-order valence-electron chi connectivity index (χ0n) is 15.4. The molecule has 1 heterocycles. The van der Waals surface area contributed by atoms with Crippen LogP contribution in [0, 0.1) is 5.92 Å². The van der Waals surface area contributed by atoms with Gasteiger partial charge in [0.15, 0.2) is 11.7 Å². The van der Waals surface area contributed by atoms with E-state index in [-0.39, 0.29) is 19.5 Å². The first-order valence-corrected chi connectivity index (χ1v) is 9.39. The number of rotatable bonds is 6. The predicted octanol–water partition coefficient (Wildman–Crippen LogP) is 2.13. The van der Waals surface area contributed by atoms with Gasteiger partial charge in [-0.25, -0.2) is 0 Å². The highest BCUT2D eigenvalue weighted by atomic mass is 35.5. The molecule has 2 aromatic carbocycles. The van der Waals surface area contributed by atoms with Crippen LogP contribution in [0.25, 0.3) is 11.1 Å². The number of carbonyl (C=O) groups is 4. The normalized spacial score (nSPS) is 16.6. The number of carboxylic acid groups (broad SMARTS) is 1. The molecule has 1 unspecified atom stereocenters. The molecule has 0 aromatic heterocycles. The van der Waals surface area contributed by atoms with Crippen molar-refractivity contribution in [3.05, 3.63) is 59.1 Å². The maximum atomic E-state index is 12.6. The molecule has 0 aliphatic carbocycles. The lowest BCUT2D eigenvalue weighted by molar-refractivity contribution is -0.152. The molecule has 2 N–H and O–H groups in total. The topological polar surface area (TPSA) is 104 Å². The third-order valence-corrected chi connectivity index (χ3v) is 4.94. The fourth-order valence-corrected chi connectivity index (χ4v) is 3.29. The van der Waals surface area contributed by atoms with Crippen LogP contribution < -0.4 is 5.32 Å². The summed E-state index contributed by atoms with van der Waals surface area (Å²) in [5.74, 6) is -4.70. The number of carboxylic acids is 1. The van der Waals surface area contributed by atoms with Crippen molar-refractivity contribution in [1.82, 2.24) is 10.2 Å². The Morgan fingerprint density at radius 3 is 2.21 bits per heavy atom. The molecule has 8 heteroatoms. The molecule has 0 bridgehead atoms. The van der Waals surface area contributed by atoms with E-state index in [9.17, 15) is 19.2 Å². The second-order valence-corrected chi connectivity index (χ2v) is 7.16. The number of nitrogens with one attached hydrogen (secondary N) is 1. The second kappa shape index (κ2) is 8.87. The highest BCUT2D eigenvalue weighted by Crippen LogP contribution is 2.23. The van der Waals surface area contributed by atoms with Crippen LogP contribution in [0.3, 0.4) is 0 Å². The number of nitrogens with zero attached hydrogens (tertiary/aromatic N) is 1. The number of piperidine rings is 1. The van der Waals surface area contributed by atoms with E-state index >= 15 is 0 Å². The molecule has 150 valence electrons. The van der Waals surface area contributed by atoms with Crippen LogP contribution in [0.5, 0.6) is 0 Å². The largest absolute Gasteiger partial charge is 0.480 e. The molecule has 1 saturated heterocycles. The van der Waals surface area contributed by atoms with Gasteiger partial charge >= 0.3 is 5.97 Å². The number of carbonyl (C=O) groups excluding carboxylic acids is 3. The summed E-state index contributed by atoms with van der Waals surface area (Å²) in [6, 6.07) is 15.1. The van der Waals surface area contributed by atoms with E-state index in [1.807, 2.05) is 48.5 Å². The fraction of sp³-hybridized carbons (Fsp3) is 0.238. The van der Waals surface area contributed by atoms with Crippen LogP contribution in [0.4, 0.5) is 0 Å². The van der Waals surface area contributed by atoms with E-state index in [0.29, 0.717) is 5.02 Å². The predicted molar refractivity (Wildman–Crippen MR) is 106 cm³/mol. The summed E-state index contributed by atoms with van der Waals surface area (Å²) in [7, 11) is 0. The number of aliphatic carboxylic acids is 1. The SMILES string of the molecule is O=C(O)CNC(=O)C1C(=O)CCN(Cc2ccc(-c3ccc(Cl)cc3)cc2)C1=O. The van der Waals surface area contributed by atoms with Crippen molar-refractivity contribution < 1.29 is 24.3 Å². The zero-order valence-corrected chi connectivity index (χ0v) is 16.2. The lowest BCUT2D eigenvalue weighted by Gasteiger charge is -2.30. The van der Waals surface area contributed by atoms with Crippen molar-refractivity contribution >= 4 is 35.2 Å². The van der Waals surface area contributed by atoms with Crippen LogP contribution in [-0.4, -0.2) is 46.7 Å². The number of hydrogen-bond acceptors (Lipinski definition) is 4. The van der Waals surface area contributed by atoms with Crippen molar-refractivity contribution in [2.75, 3.05) is 13.1 Å². The Kier molecular flexibility index (Phi) is 6.29. The van der Waals surface area contributed by atoms with Crippen LogP contribution in [0.15, 0.2) is 48.5 Å². The smallest absolute Gasteiger partial charge is 0.322 e. The molecule has 1 aliphatic rings. The van der Waals surface area contributed by atoms with E-state index in [4.69, 9.17) is 16.7 Å². The Hall–Kier alpha value is -3.19. The molecule has 2 aromatic rings. The second-order valence-electron chi connectivity index (χ2n) is 6.72. The highest BCUT2D eigenvalue weighted by Gasteiger charge is 2.40. The summed E-state index contributed by atoms with van der Waals surface area (Å²) in [6.07, 6.45) is 0.0553. The van der Waals surface area contributed by atoms with Crippen LogP contribution in [-0.2, 0) is 25.7 Å². The van der Waals surface area contributed by atoms with Crippen molar-refractivity contribution in [3.63, 3.8) is 0 Å². The first kappa shape index (κ1) is 20.5. The zero-order chi connectivity index (χ0) is 21.0. The third-order valence-electron chi connectivity index (χ3n) is 4.69. The van der Waals surface area contributed by atoms with E-state index in [1.165, 1.54) is 4.90 Å². The Morgan fingerprint density at radius 1 is 1.03 bits per heavy atom. The van der Waals surface area contributed by atoms with Gasteiger partial charge in [0.2, 0.25) is 11.8 Å². The van der Waals surface area contributed by atoms with Crippen molar-refractivity contribution in [3.8, 4) is 11.1 Å². The van der Waals surface area contributed by atoms with Gasteiger partial charge in [-0.05, 0) is 28.8 Å². The number of ketones is 1. The van der Waals surface area contributed by atoms with Crippen molar-refractivity contribution in [1.29, 1.82) is 0 Å². The van der Waals surface area contributed by atoms with Gasteiger partial charge in [0, 0.05) is 24.5 Å². The van der Waals surface area contributed by atoms with Gasteiger partial charge in [0.1, 0.15) is 6.54 Å². The van der Waals surface area contributed by atoms with Gasteiger partial charge in [-0.2, -0.15) is 0 Å².